The third kappa shape index (κ3) is 0.473. The van der Waals surface area contributed by atoms with E-state index in [1.54, 1.807) is 18.2 Å². The van der Waals surface area contributed by atoms with E-state index in [4.69, 9.17) is 11.6 Å². The Morgan fingerprint density at radius 3 is 2.33 bits per heavy atom. The van der Waals surface area contributed by atoms with Gasteiger partial charge in [-0.1, -0.05) is 17.7 Å². The predicted octanol–water partition coefficient (Wildman–Crippen LogP) is 1.56. The van der Waals surface area contributed by atoms with Gasteiger partial charge in [-0.2, -0.15) is 0 Å². The van der Waals surface area contributed by atoms with Gasteiger partial charge in [0.15, 0.2) is 5.78 Å². The lowest BCUT2D eigenvalue weighted by Gasteiger charge is -1.84. The summed E-state index contributed by atoms with van der Waals surface area (Å²) in [6.07, 6.45) is 5.22. The Morgan fingerprint density at radius 1 is 1.33 bits per heavy atom. The maximum absolute atomic E-state index is 10.9. The van der Waals surface area contributed by atoms with E-state index in [1.807, 2.05) is 0 Å². The van der Waals surface area contributed by atoms with Crippen LogP contribution in [-0.2, 0) is 4.79 Å². The standard InChI is InChI=1S/C7H3ClO/c8-6-3-4-1-2-5(6)7(4)9/h1-3H. The zero-order valence-electron chi connectivity index (χ0n) is 4.52. The monoisotopic (exact) mass is 138 g/mol. The summed E-state index contributed by atoms with van der Waals surface area (Å²) >= 11 is 5.63. The number of carbonyl (C=O) groups excluding carboxylic acids is 1. The molecule has 0 amide bonds. The first-order valence-corrected chi connectivity index (χ1v) is 3.01. The summed E-state index contributed by atoms with van der Waals surface area (Å²) in [5.74, 6) is 0.0694. The minimum absolute atomic E-state index is 0.0694. The molecule has 0 spiro atoms. The van der Waals surface area contributed by atoms with Crippen LogP contribution >= 0.6 is 11.6 Å². The molecule has 0 saturated carbocycles. The molecule has 0 radical (unpaired) electrons. The van der Waals surface area contributed by atoms with E-state index in [9.17, 15) is 4.79 Å². The molecule has 0 aliphatic heterocycles. The quantitative estimate of drug-likeness (QED) is 0.497. The molecule has 9 heavy (non-hydrogen) atoms. The van der Waals surface area contributed by atoms with Crippen molar-refractivity contribution in [2.75, 3.05) is 0 Å². The highest BCUT2D eigenvalue weighted by Gasteiger charge is 2.25. The van der Waals surface area contributed by atoms with Gasteiger partial charge in [-0.15, -0.1) is 0 Å². The van der Waals surface area contributed by atoms with Gasteiger partial charge < -0.3 is 0 Å². The zero-order chi connectivity index (χ0) is 6.43. The Balaban J connectivity index is 2.73. The third-order valence-corrected chi connectivity index (χ3v) is 1.79. The van der Waals surface area contributed by atoms with Crippen molar-refractivity contribution in [1.82, 2.24) is 0 Å². The SMILES string of the molecule is O=C1C2=CC(Cl)=C1C=C2. The minimum Gasteiger partial charge on any atom is -0.289 e. The Labute approximate surface area is 57.3 Å². The van der Waals surface area contributed by atoms with Crippen molar-refractivity contribution >= 4 is 17.4 Å². The van der Waals surface area contributed by atoms with Crippen LogP contribution < -0.4 is 0 Å². The van der Waals surface area contributed by atoms with Crippen molar-refractivity contribution in [2.45, 2.75) is 0 Å². The number of rotatable bonds is 0. The van der Waals surface area contributed by atoms with Crippen LogP contribution in [0, 0.1) is 0 Å². The summed E-state index contributed by atoms with van der Waals surface area (Å²) in [6, 6.07) is 0. The average Bonchev–Trinajstić information content (AvgIpc) is 2.25. The van der Waals surface area contributed by atoms with E-state index in [-0.39, 0.29) is 5.78 Å². The van der Waals surface area contributed by atoms with E-state index < -0.39 is 0 Å². The van der Waals surface area contributed by atoms with Gasteiger partial charge in [0.05, 0.1) is 5.03 Å². The molecule has 0 N–H and O–H groups in total. The lowest BCUT2D eigenvalue weighted by Crippen LogP contribution is -1.89. The van der Waals surface area contributed by atoms with Crippen LogP contribution in [0.2, 0.25) is 0 Å². The summed E-state index contributed by atoms with van der Waals surface area (Å²) in [5, 5.41) is 0.581. The highest BCUT2D eigenvalue weighted by atomic mass is 35.5. The van der Waals surface area contributed by atoms with Crippen LogP contribution in [0.3, 0.4) is 0 Å². The number of hydrogen-bond donors (Lipinski definition) is 0. The summed E-state index contributed by atoms with van der Waals surface area (Å²) in [6.45, 7) is 0. The Hall–Kier alpha value is -0.820. The fourth-order valence-corrected chi connectivity index (χ4v) is 1.26. The molecule has 2 rings (SSSR count). The first-order valence-electron chi connectivity index (χ1n) is 2.63. The predicted molar refractivity (Wildman–Crippen MR) is 35.1 cm³/mol. The fraction of sp³-hybridized carbons (Fsp3) is 0. The van der Waals surface area contributed by atoms with Gasteiger partial charge >= 0.3 is 0 Å². The molecule has 0 saturated heterocycles. The molecule has 0 aromatic heterocycles. The second-order valence-electron chi connectivity index (χ2n) is 2.02. The lowest BCUT2D eigenvalue weighted by molar-refractivity contribution is -0.111. The van der Waals surface area contributed by atoms with Crippen molar-refractivity contribution in [3.05, 3.63) is 34.4 Å². The molecule has 2 heteroatoms. The third-order valence-electron chi connectivity index (χ3n) is 1.48. The highest BCUT2D eigenvalue weighted by molar-refractivity contribution is 6.38. The molecule has 0 unspecified atom stereocenters. The fourth-order valence-electron chi connectivity index (χ4n) is 0.996. The van der Waals surface area contributed by atoms with Crippen molar-refractivity contribution in [2.24, 2.45) is 0 Å². The number of Topliss-reactive ketones (excluding diaryl/α,β-unsaturated/α-hetero) is 1. The number of ketones is 1. The average molecular weight is 139 g/mol. The van der Waals surface area contributed by atoms with Crippen LogP contribution in [-0.4, -0.2) is 5.78 Å². The van der Waals surface area contributed by atoms with E-state index in [0.29, 0.717) is 10.6 Å². The Bertz CT molecular complexity index is 281. The molecule has 0 aromatic carbocycles. The highest BCUT2D eigenvalue weighted by Crippen LogP contribution is 2.31. The summed E-state index contributed by atoms with van der Waals surface area (Å²) in [4.78, 5) is 10.9. The van der Waals surface area contributed by atoms with Gasteiger partial charge in [0.1, 0.15) is 0 Å². The maximum Gasteiger partial charge on any atom is 0.194 e. The van der Waals surface area contributed by atoms with Crippen LogP contribution in [0.4, 0.5) is 0 Å². The van der Waals surface area contributed by atoms with Gasteiger partial charge in [-0.25, -0.2) is 0 Å². The normalized spacial score (nSPS) is 21.9. The minimum atomic E-state index is 0.0694. The summed E-state index contributed by atoms with van der Waals surface area (Å²) < 4.78 is 0. The van der Waals surface area contributed by atoms with Crippen molar-refractivity contribution in [1.29, 1.82) is 0 Å². The smallest absolute Gasteiger partial charge is 0.194 e. The largest absolute Gasteiger partial charge is 0.289 e. The van der Waals surface area contributed by atoms with E-state index in [1.165, 1.54) is 0 Å². The second-order valence-corrected chi connectivity index (χ2v) is 2.43. The number of carbonyl (C=O) groups is 1. The second kappa shape index (κ2) is 1.36. The van der Waals surface area contributed by atoms with Crippen LogP contribution in [0.1, 0.15) is 0 Å². The molecule has 2 bridgehead atoms. The molecular formula is C7H3ClO. The van der Waals surface area contributed by atoms with Gasteiger partial charge in [0, 0.05) is 11.1 Å². The van der Waals surface area contributed by atoms with Gasteiger partial charge in [0.2, 0.25) is 0 Å². The van der Waals surface area contributed by atoms with Crippen molar-refractivity contribution in [3.63, 3.8) is 0 Å². The van der Waals surface area contributed by atoms with Gasteiger partial charge in [0.25, 0.3) is 0 Å². The molecule has 0 fully saturated rings. The number of hydrogen-bond acceptors (Lipinski definition) is 1. The first kappa shape index (κ1) is 5.00. The molecular weight excluding hydrogens is 136 g/mol. The molecule has 2 aliphatic carbocycles. The maximum atomic E-state index is 10.9. The number of fused-ring (bicyclic) bond motifs is 2. The Kier molecular flexibility index (Phi) is 0.758. The first-order chi connectivity index (χ1) is 4.29. The van der Waals surface area contributed by atoms with Crippen molar-refractivity contribution in [3.8, 4) is 0 Å². The molecule has 2 aliphatic rings. The molecule has 0 atom stereocenters. The molecule has 1 nitrogen and oxygen atoms in total. The van der Waals surface area contributed by atoms with Gasteiger partial charge in [-0.05, 0) is 12.2 Å². The molecule has 0 heterocycles. The van der Waals surface area contributed by atoms with Gasteiger partial charge in [-0.3, -0.25) is 4.79 Å². The topological polar surface area (TPSA) is 17.1 Å². The number of allylic oxidation sites excluding steroid dienone is 6. The summed E-state index contributed by atoms with van der Waals surface area (Å²) in [7, 11) is 0. The van der Waals surface area contributed by atoms with E-state index in [0.717, 1.165) is 5.57 Å². The Morgan fingerprint density at radius 2 is 2.11 bits per heavy atom. The van der Waals surface area contributed by atoms with Crippen LogP contribution in [0.15, 0.2) is 34.4 Å². The molecule has 44 valence electrons. The van der Waals surface area contributed by atoms with Crippen molar-refractivity contribution < 1.29 is 4.79 Å². The number of halogens is 1. The lowest BCUT2D eigenvalue weighted by atomic mass is 10.2. The van der Waals surface area contributed by atoms with E-state index in [2.05, 4.69) is 0 Å². The summed E-state index contributed by atoms with van der Waals surface area (Å²) in [5.41, 5.74) is 1.36. The zero-order valence-corrected chi connectivity index (χ0v) is 5.27. The van der Waals surface area contributed by atoms with E-state index >= 15 is 0 Å². The molecule has 0 aromatic rings. The van der Waals surface area contributed by atoms with Crippen LogP contribution in [0.5, 0.6) is 0 Å². The van der Waals surface area contributed by atoms with Crippen LogP contribution in [0.25, 0.3) is 0 Å².